The minimum absolute atomic E-state index is 0.211. The Morgan fingerprint density at radius 1 is 1.28 bits per heavy atom. The lowest BCUT2D eigenvalue weighted by Crippen LogP contribution is -2.19. The molecule has 2 aromatic rings. The number of amides is 1. The second-order valence-corrected chi connectivity index (χ2v) is 5.75. The molecule has 25 heavy (non-hydrogen) atoms. The van der Waals surface area contributed by atoms with Crippen molar-refractivity contribution in [3.63, 3.8) is 0 Å². The maximum absolute atomic E-state index is 11.7. The maximum Gasteiger partial charge on any atom is 0.308 e. The van der Waals surface area contributed by atoms with Crippen LogP contribution in [0.25, 0.3) is 0 Å². The van der Waals surface area contributed by atoms with Crippen LogP contribution in [0.4, 0.5) is 0 Å². The van der Waals surface area contributed by atoms with Gasteiger partial charge in [0.2, 0.25) is 5.91 Å². The molecule has 1 heterocycles. The summed E-state index contributed by atoms with van der Waals surface area (Å²) in [7, 11) is 1.47. The first-order valence-corrected chi connectivity index (χ1v) is 8.29. The van der Waals surface area contributed by atoms with Crippen LogP contribution in [-0.4, -0.2) is 35.9 Å². The molecule has 7 nitrogen and oxygen atoms in total. The SMILES string of the molecule is COc1cc(/C=N/NC(=O)CSc2ccccn2)ccc1OC(C)=O. The number of pyridine rings is 1. The molecule has 0 aliphatic rings. The zero-order valence-electron chi connectivity index (χ0n) is 13.8. The Labute approximate surface area is 149 Å². The predicted molar refractivity (Wildman–Crippen MR) is 95.0 cm³/mol. The monoisotopic (exact) mass is 359 g/mol. The van der Waals surface area contributed by atoms with Gasteiger partial charge >= 0.3 is 5.97 Å². The molecule has 0 unspecified atom stereocenters. The second kappa shape index (κ2) is 9.43. The maximum atomic E-state index is 11.7. The highest BCUT2D eigenvalue weighted by molar-refractivity contribution is 7.99. The van der Waals surface area contributed by atoms with Gasteiger partial charge in [-0.2, -0.15) is 5.10 Å². The van der Waals surface area contributed by atoms with Gasteiger partial charge in [-0.25, -0.2) is 10.4 Å². The molecular weight excluding hydrogens is 342 g/mol. The number of aromatic nitrogens is 1. The number of esters is 1. The largest absolute Gasteiger partial charge is 0.493 e. The van der Waals surface area contributed by atoms with Crippen molar-refractivity contribution in [3.05, 3.63) is 48.2 Å². The molecule has 0 saturated heterocycles. The molecule has 0 saturated carbocycles. The molecule has 0 fully saturated rings. The van der Waals surface area contributed by atoms with Crippen LogP contribution in [0.2, 0.25) is 0 Å². The van der Waals surface area contributed by atoms with Crippen LogP contribution in [0.3, 0.4) is 0 Å². The third kappa shape index (κ3) is 6.27. The number of rotatable bonds is 7. The van der Waals surface area contributed by atoms with Gasteiger partial charge in [0.15, 0.2) is 11.5 Å². The lowest BCUT2D eigenvalue weighted by Gasteiger charge is -2.08. The summed E-state index contributed by atoms with van der Waals surface area (Å²) in [5, 5.41) is 4.67. The Bertz CT molecular complexity index is 766. The van der Waals surface area contributed by atoms with Gasteiger partial charge in [0.05, 0.1) is 24.1 Å². The van der Waals surface area contributed by atoms with Gasteiger partial charge in [0, 0.05) is 13.1 Å². The number of hydrogen-bond acceptors (Lipinski definition) is 7. The zero-order chi connectivity index (χ0) is 18.1. The van der Waals surface area contributed by atoms with E-state index in [4.69, 9.17) is 9.47 Å². The van der Waals surface area contributed by atoms with Crippen molar-refractivity contribution in [2.75, 3.05) is 12.9 Å². The molecule has 1 aromatic heterocycles. The van der Waals surface area contributed by atoms with E-state index < -0.39 is 5.97 Å². The third-order valence-corrected chi connectivity index (χ3v) is 3.78. The van der Waals surface area contributed by atoms with E-state index in [9.17, 15) is 9.59 Å². The van der Waals surface area contributed by atoms with Gasteiger partial charge in [-0.05, 0) is 35.9 Å². The highest BCUT2D eigenvalue weighted by atomic mass is 32.2. The summed E-state index contributed by atoms with van der Waals surface area (Å²) in [6, 6.07) is 10.4. The van der Waals surface area contributed by atoms with Gasteiger partial charge in [-0.15, -0.1) is 0 Å². The van der Waals surface area contributed by atoms with Gasteiger partial charge in [-0.1, -0.05) is 17.8 Å². The Kier molecular flexibility index (Phi) is 6.97. The molecule has 8 heteroatoms. The number of hydrogen-bond donors (Lipinski definition) is 1. The van der Waals surface area contributed by atoms with Gasteiger partial charge < -0.3 is 9.47 Å². The van der Waals surface area contributed by atoms with E-state index in [0.29, 0.717) is 17.1 Å². The summed E-state index contributed by atoms with van der Waals surface area (Å²) in [4.78, 5) is 26.9. The van der Waals surface area contributed by atoms with E-state index in [-0.39, 0.29) is 11.7 Å². The highest BCUT2D eigenvalue weighted by Crippen LogP contribution is 2.27. The smallest absolute Gasteiger partial charge is 0.308 e. The van der Waals surface area contributed by atoms with E-state index in [1.54, 1.807) is 24.4 Å². The number of methoxy groups -OCH3 is 1. The molecule has 0 atom stereocenters. The Morgan fingerprint density at radius 2 is 2.12 bits per heavy atom. The first-order chi connectivity index (χ1) is 12.1. The topological polar surface area (TPSA) is 89.9 Å². The molecule has 0 spiro atoms. The second-order valence-electron chi connectivity index (χ2n) is 4.75. The summed E-state index contributed by atoms with van der Waals surface area (Å²) in [6.45, 7) is 1.31. The lowest BCUT2D eigenvalue weighted by molar-refractivity contribution is -0.132. The van der Waals surface area contributed by atoms with Crippen LogP contribution in [0.1, 0.15) is 12.5 Å². The number of ether oxygens (including phenoxy) is 2. The predicted octanol–water partition coefficient (Wildman–Crippen LogP) is 2.26. The van der Waals surface area contributed by atoms with Crippen molar-refractivity contribution in [2.45, 2.75) is 11.9 Å². The van der Waals surface area contributed by atoms with Crippen LogP contribution in [0.15, 0.2) is 52.7 Å². The average Bonchev–Trinajstić information content (AvgIpc) is 2.61. The fraction of sp³-hybridized carbons (Fsp3) is 0.176. The van der Waals surface area contributed by atoms with E-state index in [0.717, 1.165) is 5.03 Å². The van der Waals surface area contributed by atoms with Crippen molar-refractivity contribution < 1.29 is 19.1 Å². The number of benzene rings is 1. The van der Waals surface area contributed by atoms with Crippen LogP contribution in [-0.2, 0) is 9.59 Å². The van der Waals surface area contributed by atoms with Crippen molar-refractivity contribution >= 4 is 29.9 Å². The first-order valence-electron chi connectivity index (χ1n) is 7.30. The van der Waals surface area contributed by atoms with Gasteiger partial charge in [0.1, 0.15) is 0 Å². The normalized spacial score (nSPS) is 10.5. The molecule has 0 bridgehead atoms. The summed E-state index contributed by atoms with van der Waals surface area (Å²) in [5.41, 5.74) is 3.13. The fourth-order valence-electron chi connectivity index (χ4n) is 1.79. The number of carbonyl (C=O) groups excluding carboxylic acids is 2. The molecular formula is C17H17N3O4S. The molecule has 1 N–H and O–H groups in total. The van der Waals surface area contributed by atoms with Crippen molar-refractivity contribution in [1.82, 2.24) is 10.4 Å². The molecule has 130 valence electrons. The zero-order valence-corrected chi connectivity index (χ0v) is 14.6. The first kappa shape index (κ1) is 18.5. The van der Waals surface area contributed by atoms with E-state index in [2.05, 4.69) is 15.5 Å². The summed E-state index contributed by atoms with van der Waals surface area (Å²) >= 11 is 1.32. The van der Waals surface area contributed by atoms with Gasteiger partial charge in [-0.3, -0.25) is 9.59 Å². The summed E-state index contributed by atoms with van der Waals surface area (Å²) in [5.74, 6) is 0.259. The quantitative estimate of drug-likeness (QED) is 0.268. The number of carbonyl (C=O) groups is 2. The van der Waals surface area contributed by atoms with E-state index in [1.165, 1.54) is 32.0 Å². The van der Waals surface area contributed by atoms with Crippen LogP contribution in [0, 0.1) is 0 Å². The summed E-state index contributed by atoms with van der Waals surface area (Å²) < 4.78 is 10.2. The van der Waals surface area contributed by atoms with E-state index in [1.807, 2.05) is 18.2 Å². The molecule has 1 amide bonds. The van der Waals surface area contributed by atoms with Crippen molar-refractivity contribution in [2.24, 2.45) is 5.10 Å². The molecule has 0 radical (unpaired) electrons. The lowest BCUT2D eigenvalue weighted by atomic mass is 10.2. The minimum atomic E-state index is -0.433. The average molecular weight is 359 g/mol. The number of hydrazone groups is 1. The molecule has 1 aromatic carbocycles. The number of nitrogens with one attached hydrogen (secondary N) is 1. The van der Waals surface area contributed by atoms with E-state index >= 15 is 0 Å². The fourth-order valence-corrected chi connectivity index (χ4v) is 2.44. The Morgan fingerprint density at radius 3 is 2.80 bits per heavy atom. The minimum Gasteiger partial charge on any atom is -0.493 e. The Hall–Kier alpha value is -2.87. The van der Waals surface area contributed by atoms with Crippen LogP contribution in [0.5, 0.6) is 11.5 Å². The molecule has 2 rings (SSSR count). The van der Waals surface area contributed by atoms with Gasteiger partial charge in [0.25, 0.3) is 0 Å². The molecule has 0 aliphatic carbocycles. The van der Waals surface area contributed by atoms with Crippen LogP contribution >= 0.6 is 11.8 Å². The molecule has 0 aliphatic heterocycles. The number of nitrogens with zero attached hydrogens (tertiary/aromatic N) is 2. The summed E-state index contributed by atoms with van der Waals surface area (Å²) in [6.07, 6.45) is 3.15. The number of thioether (sulfide) groups is 1. The van der Waals surface area contributed by atoms with Crippen molar-refractivity contribution in [3.8, 4) is 11.5 Å². The Balaban J connectivity index is 1.88. The highest BCUT2D eigenvalue weighted by Gasteiger charge is 2.07. The third-order valence-electron chi connectivity index (χ3n) is 2.83. The van der Waals surface area contributed by atoms with Crippen molar-refractivity contribution in [1.29, 1.82) is 0 Å². The van der Waals surface area contributed by atoms with Crippen LogP contribution < -0.4 is 14.9 Å². The standard InChI is InChI=1S/C17H17N3O4S/c1-12(21)24-14-7-6-13(9-15(14)23-2)10-19-20-16(22)11-25-17-5-3-4-8-18-17/h3-10H,11H2,1-2H3,(H,20,22)/b19-10+.